The molecule has 0 aliphatic heterocycles. The van der Waals surface area contributed by atoms with Gasteiger partial charge in [0.2, 0.25) is 0 Å². The molecule has 1 N–H and O–H groups in total. The number of likely N-dealkylation sites (N-methyl/N-ethyl adjacent to an activating group) is 1. The van der Waals surface area contributed by atoms with Crippen molar-refractivity contribution in [2.75, 3.05) is 20.2 Å². The largest absolute Gasteiger partial charge is 0.489 e. The van der Waals surface area contributed by atoms with Crippen molar-refractivity contribution < 1.29 is 17.9 Å². The Bertz CT molecular complexity index is 374. The minimum absolute atomic E-state index is 0.120. The predicted molar refractivity (Wildman–Crippen MR) is 60.0 cm³/mol. The van der Waals surface area contributed by atoms with Crippen LogP contribution in [0.2, 0.25) is 0 Å². The molecule has 0 aliphatic carbocycles. The zero-order chi connectivity index (χ0) is 12.7. The van der Waals surface area contributed by atoms with Crippen LogP contribution in [-0.2, 0) is 6.18 Å². The molecule has 0 saturated carbocycles. The van der Waals surface area contributed by atoms with Crippen LogP contribution in [0.5, 0.6) is 5.75 Å². The molecular weight excluding hydrogens is 231 g/mol. The Hall–Kier alpha value is -1.49. The molecule has 1 aromatic rings. The van der Waals surface area contributed by atoms with Crippen molar-refractivity contribution in [1.82, 2.24) is 5.32 Å². The van der Waals surface area contributed by atoms with Crippen molar-refractivity contribution in [1.29, 1.82) is 0 Å². The highest BCUT2D eigenvalue weighted by Gasteiger charge is 2.33. The summed E-state index contributed by atoms with van der Waals surface area (Å²) in [4.78, 5) is 0. The van der Waals surface area contributed by atoms with Crippen LogP contribution in [0.15, 0.2) is 36.4 Å². The number of ether oxygens (including phenoxy) is 1. The Kier molecular flexibility index (Phi) is 5.03. The van der Waals surface area contributed by atoms with E-state index in [1.54, 1.807) is 19.2 Å². The van der Waals surface area contributed by atoms with E-state index in [4.69, 9.17) is 4.74 Å². The van der Waals surface area contributed by atoms with Gasteiger partial charge in [0.15, 0.2) is 0 Å². The van der Waals surface area contributed by atoms with Gasteiger partial charge in [-0.05, 0) is 19.2 Å². The maximum atomic E-state index is 12.6. The molecule has 0 radical (unpaired) electrons. The number of nitrogens with one attached hydrogen (secondary N) is 1. The van der Waals surface area contributed by atoms with E-state index in [0.29, 0.717) is 6.54 Å². The lowest BCUT2D eigenvalue weighted by Crippen LogP contribution is -2.09. The summed E-state index contributed by atoms with van der Waals surface area (Å²) >= 11 is 0. The maximum Gasteiger partial charge on any atom is 0.419 e. The van der Waals surface area contributed by atoms with Crippen LogP contribution in [0.3, 0.4) is 0 Å². The second-order valence-electron chi connectivity index (χ2n) is 3.33. The van der Waals surface area contributed by atoms with Crippen molar-refractivity contribution in [2.24, 2.45) is 0 Å². The fraction of sp³-hybridized carbons (Fsp3) is 0.333. The van der Waals surface area contributed by atoms with Crippen LogP contribution in [0, 0.1) is 0 Å². The molecule has 94 valence electrons. The molecule has 0 saturated heterocycles. The Morgan fingerprint density at radius 2 is 1.94 bits per heavy atom. The number of benzene rings is 1. The predicted octanol–water partition coefficient (Wildman–Crippen LogP) is 2.86. The Morgan fingerprint density at radius 1 is 1.24 bits per heavy atom. The highest BCUT2D eigenvalue weighted by atomic mass is 19.4. The van der Waals surface area contributed by atoms with Crippen molar-refractivity contribution in [2.45, 2.75) is 6.18 Å². The normalized spacial score (nSPS) is 12.0. The Morgan fingerprint density at radius 3 is 2.59 bits per heavy atom. The molecule has 0 fully saturated rings. The van der Waals surface area contributed by atoms with Crippen molar-refractivity contribution in [3.63, 3.8) is 0 Å². The molecular formula is C12H14F3NO. The van der Waals surface area contributed by atoms with Crippen LogP contribution in [0.1, 0.15) is 5.56 Å². The van der Waals surface area contributed by atoms with Gasteiger partial charge in [0.05, 0.1) is 5.56 Å². The van der Waals surface area contributed by atoms with Gasteiger partial charge in [-0.1, -0.05) is 24.3 Å². The van der Waals surface area contributed by atoms with Gasteiger partial charge in [-0.15, -0.1) is 0 Å². The average Bonchev–Trinajstić information content (AvgIpc) is 2.28. The third-order valence-electron chi connectivity index (χ3n) is 2.02. The fourth-order valence-corrected chi connectivity index (χ4v) is 1.23. The zero-order valence-corrected chi connectivity index (χ0v) is 9.42. The highest BCUT2D eigenvalue weighted by Crippen LogP contribution is 2.35. The van der Waals surface area contributed by atoms with Gasteiger partial charge in [0.25, 0.3) is 0 Å². The highest BCUT2D eigenvalue weighted by molar-refractivity contribution is 5.35. The summed E-state index contributed by atoms with van der Waals surface area (Å²) in [7, 11) is 1.78. The molecule has 0 amide bonds. The molecule has 1 aromatic carbocycles. The molecule has 0 aromatic heterocycles. The number of hydrogen-bond acceptors (Lipinski definition) is 2. The van der Waals surface area contributed by atoms with Crippen LogP contribution in [0.25, 0.3) is 0 Å². The number of hydrogen-bond donors (Lipinski definition) is 1. The SMILES string of the molecule is CNC/C=C/COc1ccccc1C(F)(F)F. The third kappa shape index (κ3) is 4.48. The summed E-state index contributed by atoms with van der Waals surface area (Å²) < 4.78 is 42.8. The maximum absolute atomic E-state index is 12.6. The molecule has 0 atom stereocenters. The van der Waals surface area contributed by atoms with E-state index in [9.17, 15) is 13.2 Å². The van der Waals surface area contributed by atoms with E-state index >= 15 is 0 Å². The van der Waals surface area contributed by atoms with Gasteiger partial charge < -0.3 is 10.1 Å². The van der Waals surface area contributed by atoms with Crippen LogP contribution in [-0.4, -0.2) is 20.2 Å². The summed E-state index contributed by atoms with van der Waals surface area (Å²) in [5, 5.41) is 2.88. The van der Waals surface area contributed by atoms with Gasteiger partial charge in [0, 0.05) is 6.54 Å². The summed E-state index contributed by atoms with van der Waals surface area (Å²) in [6.07, 6.45) is -0.925. The van der Waals surface area contributed by atoms with Crippen molar-refractivity contribution >= 4 is 0 Å². The number of halogens is 3. The number of alkyl halides is 3. The third-order valence-corrected chi connectivity index (χ3v) is 2.02. The standard InChI is InChI=1S/C12H14F3NO/c1-16-8-4-5-9-17-11-7-3-2-6-10(11)12(13,14)15/h2-7,16H,8-9H2,1H3/b5-4+. The lowest BCUT2D eigenvalue weighted by molar-refractivity contribution is -0.138. The van der Waals surface area contributed by atoms with E-state index in [2.05, 4.69) is 5.32 Å². The quantitative estimate of drug-likeness (QED) is 0.805. The number of rotatable bonds is 5. The van der Waals surface area contributed by atoms with Crippen LogP contribution in [0.4, 0.5) is 13.2 Å². The first-order chi connectivity index (χ1) is 8.05. The summed E-state index contributed by atoms with van der Waals surface area (Å²) in [5.41, 5.74) is -0.748. The van der Waals surface area contributed by atoms with Gasteiger partial charge in [-0.3, -0.25) is 0 Å². The molecule has 5 heteroatoms. The Balaban J connectivity index is 2.65. The molecule has 0 heterocycles. The first-order valence-electron chi connectivity index (χ1n) is 5.14. The second kappa shape index (κ2) is 6.30. The summed E-state index contributed by atoms with van der Waals surface area (Å²) in [5.74, 6) is -0.144. The van der Waals surface area contributed by atoms with Crippen molar-refractivity contribution in [3.8, 4) is 5.75 Å². The molecule has 2 nitrogen and oxygen atoms in total. The lowest BCUT2D eigenvalue weighted by atomic mass is 10.2. The van der Waals surface area contributed by atoms with Gasteiger partial charge in [-0.25, -0.2) is 0 Å². The van der Waals surface area contributed by atoms with E-state index in [1.165, 1.54) is 18.2 Å². The van der Waals surface area contributed by atoms with E-state index in [1.807, 2.05) is 0 Å². The minimum Gasteiger partial charge on any atom is -0.489 e. The summed E-state index contributed by atoms with van der Waals surface area (Å²) in [6, 6.07) is 5.18. The average molecular weight is 245 g/mol. The minimum atomic E-state index is -4.38. The Labute approximate surface area is 98.1 Å². The zero-order valence-electron chi connectivity index (χ0n) is 9.42. The lowest BCUT2D eigenvalue weighted by Gasteiger charge is -2.12. The van der Waals surface area contributed by atoms with Gasteiger partial charge >= 0.3 is 6.18 Å². The molecule has 0 aliphatic rings. The van der Waals surface area contributed by atoms with E-state index in [0.717, 1.165) is 6.07 Å². The summed E-state index contributed by atoms with van der Waals surface area (Å²) in [6.45, 7) is 0.777. The van der Waals surface area contributed by atoms with Gasteiger partial charge in [-0.2, -0.15) is 13.2 Å². The first kappa shape index (κ1) is 13.6. The molecule has 1 rings (SSSR count). The second-order valence-corrected chi connectivity index (χ2v) is 3.33. The monoisotopic (exact) mass is 245 g/mol. The molecule has 0 unspecified atom stereocenters. The molecule has 17 heavy (non-hydrogen) atoms. The number of para-hydroxylation sites is 1. The van der Waals surface area contributed by atoms with E-state index < -0.39 is 11.7 Å². The topological polar surface area (TPSA) is 21.3 Å². The fourth-order valence-electron chi connectivity index (χ4n) is 1.23. The molecule has 0 spiro atoms. The first-order valence-corrected chi connectivity index (χ1v) is 5.14. The van der Waals surface area contributed by atoms with E-state index in [-0.39, 0.29) is 12.4 Å². The van der Waals surface area contributed by atoms with Crippen LogP contribution < -0.4 is 10.1 Å². The van der Waals surface area contributed by atoms with Gasteiger partial charge in [0.1, 0.15) is 12.4 Å². The molecule has 0 bridgehead atoms. The van der Waals surface area contributed by atoms with Crippen molar-refractivity contribution in [3.05, 3.63) is 42.0 Å². The van der Waals surface area contributed by atoms with Crippen LogP contribution >= 0.6 is 0 Å². The smallest absolute Gasteiger partial charge is 0.419 e.